The van der Waals surface area contributed by atoms with Gasteiger partial charge in [0.05, 0.1) is 11.4 Å². The summed E-state index contributed by atoms with van der Waals surface area (Å²) in [5.41, 5.74) is 0.472. The van der Waals surface area contributed by atoms with Gasteiger partial charge in [0, 0.05) is 24.5 Å². The molecule has 1 aromatic carbocycles. The number of unbranched alkanes of at least 4 members (excludes halogenated alkanes) is 1. The Morgan fingerprint density at radius 3 is 2.73 bits per heavy atom. The maximum Gasteiger partial charge on any atom is 0.201 e. The first-order valence-electron chi connectivity index (χ1n) is 7.12. The fraction of sp³-hybridized carbons (Fsp3) is 0.312. The topological polar surface area (TPSA) is 49.7 Å². The third-order valence-corrected chi connectivity index (χ3v) is 5.00. The third-order valence-electron chi connectivity index (χ3n) is 3.38. The molecule has 0 aliphatic carbocycles. The van der Waals surface area contributed by atoms with Gasteiger partial charge in [-0.25, -0.2) is 17.8 Å². The maximum absolute atomic E-state index is 13.7. The van der Waals surface area contributed by atoms with Gasteiger partial charge in [0.25, 0.3) is 0 Å². The van der Waals surface area contributed by atoms with E-state index in [4.69, 9.17) is 0 Å². The molecule has 0 N–H and O–H groups in total. The molecule has 0 atom stereocenters. The average Bonchev–Trinajstić information content (AvgIpc) is 2.48. The van der Waals surface area contributed by atoms with E-state index >= 15 is 0 Å². The summed E-state index contributed by atoms with van der Waals surface area (Å²) in [4.78, 5) is 5.72. The summed E-state index contributed by atoms with van der Waals surface area (Å²) in [5, 5.41) is -0.0886. The summed E-state index contributed by atoms with van der Waals surface area (Å²) < 4.78 is 38.7. The molecule has 1 heterocycles. The van der Waals surface area contributed by atoms with Gasteiger partial charge in [-0.3, -0.25) is 0 Å². The van der Waals surface area contributed by atoms with Crippen LogP contribution in [0.1, 0.15) is 25.3 Å². The molecule has 1 aliphatic rings. The van der Waals surface area contributed by atoms with Gasteiger partial charge >= 0.3 is 0 Å². The van der Waals surface area contributed by atoms with Gasteiger partial charge in [-0.15, -0.1) is 0 Å². The number of aliphatic imine (C=N–C) groups is 1. The minimum absolute atomic E-state index is 0.0886. The fourth-order valence-corrected chi connectivity index (χ4v) is 3.63. The molecule has 22 heavy (non-hydrogen) atoms. The van der Waals surface area contributed by atoms with E-state index in [1.165, 1.54) is 24.4 Å². The van der Waals surface area contributed by atoms with Crippen molar-refractivity contribution in [2.75, 3.05) is 6.54 Å². The molecule has 0 radical (unpaired) electrons. The molecule has 118 valence electrons. The zero-order chi connectivity index (χ0) is 16.2. The van der Waals surface area contributed by atoms with Crippen molar-refractivity contribution in [1.82, 2.24) is 4.90 Å². The highest BCUT2D eigenvalue weighted by Crippen LogP contribution is 2.20. The Kier molecular flexibility index (Phi) is 5.13. The molecule has 0 aromatic heterocycles. The molecular formula is C16H19FN2O2S. The Morgan fingerprint density at radius 2 is 2.05 bits per heavy atom. The zero-order valence-corrected chi connectivity index (χ0v) is 13.3. The van der Waals surface area contributed by atoms with E-state index in [1.807, 2.05) is 0 Å². The van der Waals surface area contributed by atoms with Gasteiger partial charge in [0.15, 0.2) is 5.04 Å². The van der Waals surface area contributed by atoms with Crippen LogP contribution in [0.25, 0.3) is 0 Å². The second-order valence-corrected chi connectivity index (χ2v) is 6.98. The number of sulfone groups is 1. The van der Waals surface area contributed by atoms with Crippen molar-refractivity contribution in [3.63, 3.8) is 0 Å². The summed E-state index contributed by atoms with van der Waals surface area (Å²) >= 11 is 0. The monoisotopic (exact) mass is 322 g/mol. The third kappa shape index (κ3) is 3.62. The molecule has 2 rings (SSSR count). The van der Waals surface area contributed by atoms with Crippen LogP contribution in [0.3, 0.4) is 0 Å². The van der Waals surface area contributed by atoms with Crippen LogP contribution < -0.4 is 0 Å². The average molecular weight is 322 g/mol. The van der Waals surface area contributed by atoms with Crippen LogP contribution in [0.4, 0.5) is 4.39 Å². The molecule has 0 bridgehead atoms. The minimum Gasteiger partial charge on any atom is -0.345 e. The molecular weight excluding hydrogens is 303 g/mol. The van der Waals surface area contributed by atoms with Crippen molar-refractivity contribution in [2.24, 2.45) is 4.99 Å². The van der Waals surface area contributed by atoms with Crippen molar-refractivity contribution in [1.29, 1.82) is 0 Å². The molecule has 4 nitrogen and oxygen atoms in total. The number of nitrogens with zero attached hydrogens (tertiary/aromatic N) is 2. The maximum atomic E-state index is 13.7. The van der Waals surface area contributed by atoms with E-state index in [0.717, 1.165) is 12.8 Å². The van der Waals surface area contributed by atoms with Crippen molar-refractivity contribution in [3.8, 4) is 0 Å². The number of rotatable bonds is 5. The molecule has 1 aliphatic heterocycles. The predicted octanol–water partition coefficient (Wildman–Crippen LogP) is 3.24. The van der Waals surface area contributed by atoms with E-state index in [1.54, 1.807) is 17.2 Å². The SMILES string of the molecule is C=C1C(S(=O)(=O)Cc2ccccc2F)=NC=CN1CCCC. The van der Waals surface area contributed by atoms with E-state index < -0.39 is 21.4 Å². The summed E-state index contributed by atoms with van der Waals surface area (Å²) in [6.45, 7) is 6.57. The summed E-state index contributed by atoms with van der Waals surface area (Å²) in [5.74, 6) is -0.959. The second-order valence-electron chi connectivity index (χ2n) is 5.08. The van der Waals surface area contributed by atoms with Gasteiger partial charge in [0.2, 0.25) is 9.84 Å². The first-order valence-corrected chi connectivity index (χ1v) is 8.77. The first-order chi connectivity index (χ1) is 10.5. The van der Waals surface area contributed by atoms with Gasteiger partial charge < -0.3 is 4.90 Å². The molecule has 0 saturated heterocycles. The number of hydrogen-bond donors (Lipinski definition) is 0. The van der Waals surface area contributed by atoms with E-state index in [-0.39, 0.29) is 10.6 Å². The van der Waals surface area contributed by atoms with Crippen LogP contribution in [0, 0.1) is 5.82 Å². The predicted molar refractivity (Wildman–Crippen MR) is 86.4 cm³/mol. The highest BCUT2D eigenvalue weighted by Gasteiger charge is 2.27. The molecule has 0 amide bonds. The van der Waals surface area contributed by atoms with Crippen molar-refractivity contribution < 1.29 is 12.8 Å². The lowest BCUT2D eigenvalue weighted by molar-refractivity contribution is 0.465. The molecule has 0 unspecified atom stereocenters. The van der Waals surface area contributed by atoms with E-state index in [0.29, 0.717) is 12.2 Å². The Labute approximate surface area is 130 Å². The van der Waals surface area contributed by atoms with Crippen LogP contribution >= 0.6 is 0 Å². The minimum atomic E-state index is -3.75. The van der Waals surface area contributed by atoms with Crippen LogP contribution in [-0.4, -0.2) is 24.9 Å². The smallest absolute Gasteiger partial charge is 0.201 e. The van der Waals surface area contributed by atoms with Crippen LogP contribution in [0.2, 0.25) is 0 Å². The van der Waals surface area contributed by atoms with Crippen LogP contribution in [0.5, 0.6) is 0 Å². The Bertz CT molecular complexity index is 723. The fourth-order valence-electron chi connectivity index (χ4n) is 2.16. The Hall–Kier alpha value is -1.95. The first kappa shape index (κ1) is 16.4. The molecule has 0 fully saturated rings. The molecule has 0 saturated carbocycles. The summed E-state index contributed by atoms with van der Waals surface area (Å²) in [7, 11) is -3.75. The second kappa shape index (κ2) is 6.87. The molecule has 0 spiro atoms. The van der Waals surface area contributed by atoms with Gasteiger partial charge in [-0.2, -0.15) is 0 Å². The van der Waals surface area contributed by atoms with Gasteiger partial charge in [-0.05, 0) is 12.5 Å². The normalized spacial score (nSPS) is 15.1. The lowest BCUT2D eigenvalue weighted by atomic mass is 10.2. The molecule has 6 heteroatoms. The Balaban J connectivity index is 2.22. The zero-order valence-electron chi connectivity index (χ0n) is 12.5. The number of halogens is 1. The number of hydrogen-bond acceptors (Lipinski definition) is 4. The van der Waals surface area contributed by atoms with Crippen LogP contribution in [0.15, 0.2) is 53.9 Å². The van der Waals surface area contributed by atoms with Crippen molar-refractivity contribution in [2.45, 2.75) is 25.5 Å². The number of benzene rings is 1. The lowest BCUT2D eigenvalue weighted by Crippen LogP contribution is -2.31. The quantitative estimate of drug-likeness (QED) is 0.836. The van der Waals surface area contributed by atoms with E-state index in [2.05, 4.69) is 18.5 Å². The Morgan fingerprint density at radius 1 is 1.32 bits per heavy atom. The van der Waals surface area contributed by atoms with E-state index in [9.17, 15) is 12.8 Å². The van der Waals surface area contributed by atoms with Gasteiger partial charge in [-0.1, -0.05) is 38.1 Å². The highest BCUT2D eigenvalue weighted by atomic mass is 32.2. The standard InChI is InChI=1S/C16H19FN2O2S/c1-3-4-10-19-11-9-18-16(13(19)2)22(20,21)12-14-7-5-6-8-15(14)17/h5-9,11H,2-4,10,12H2,1H3. The van der Waals surface area contributed by atoms with Crippen LogP contribution in [-0.2, 0) is 15.6 Å². The van der Waals surface area contributed by atoms with Crippen molar-refractivity contribution in [3.05, 3.63) is 60.3 Å². The summed E-state index contributed by atoms with van der Waals surface area (Å²) in [6, 6.07) is 5.84. The summed E-state index contributed by atoms with van der Waals surface area (Å²) in [6.07, 6.45) is 5.06. The largest absolute Gasteiger partial charge is 0.345 e. The van der Waals surface area contributed by atoms with Gasteiger partial charge in [0.1, 0.15) is 5.82 Å². The molecule has 1 aromatic rings. The van der Waals surface area contributed by atoms with Crippen molar-refractivity contribution >= 4 is 14.9 Å². The lowest BCUT2D eigenvalue weighted by Gasteiger charge is -2.25. The highest BCUT2D eigenvalue weighted by molar-refractivity contribution is 8.06.